The van der Waals surface area contributed by atoms with E-state index in [9.17, 15) is 10.1 Å². The highest BCUT2D eigenvalue weighted by Crippen LogP contribution is 2.57. The average molecular weight is 350 g/mol. The van der Waals surface area contributed by atoms with Crippen LogP contribution < -0.4 is 0 Å². The van der Waals surface area contributed by atoms with Crippen molar-refractivity contribution in [1.29, 1.82) is 5.26 Å². The second kappa shape index (κ2) is 5.57. The zero-order chi connectivity index (χ0) is 17.8. The fourth-order valence-electron chi connectivity index (χ4n) is 3.65. The molecule has 1 aliphatic carbocycles. The topological polar surface area (TPSA) is 53.2 Å². The lowest BCUT2D eigenvalue weighted by Crippen LogP contribution is -2.34. The lowest BCUT2D eigenvalue weighted by atomic mass is 9.83. The highest BCUT2D eigenvalue weighted by molar-refractivity contribution is 8.14. The van der Waals surface area contributed by atoms with Gasteiger partial charge in [0.05, 0.1) is 16.7 Å². The third kappa shape index (κ3) is 2.85. The van der Waals surface area contributed by atoms with E-state index in [4.69, 9.17) is 4.99 Å². The van der Waals surface area contributed by atoms with Gasteiger partial charge in [0.15, 0.2) is 5.78 Å². The summed E-state index contributed by atoms with van der Waals surface area (Å²) in [6, 6.07) is 10.3. The van der Waals surface area contributed by atoms with Gasteiger partial charge in [-0.25, -0.2) is 4.99 Å². The molecule has 1 saturated heterocycles. The molecule has 1 spiro atoms. The van der Waals surface area contributed by atoms with Crippen LogP contribution in [0.2, 0.25) is 0 Å². The van der Waals surface area contributed by atoms with Crippen molar-refractivity contribution in [2.75, 3.05) is 5.75 Å². The number of hydrogen-bond acceptors (Lipinski definition) is 4. The van der Waals surface area contributed by atoms with E-state index in [0.717, 1.165) is 22.8 Å². The van der Waals surface area contributed by atoms with Gasteiger partial charge in [0.2, 0.25) is 0 Å². The number of fused-ring (bicyclic) bond motifs is 1. The number of hydrogen-bond donors (Lipinski definition) is 0. The summed E-state index contributed by atoms with van der Waals surface area (Å²) in [6.07, 6.45) is 3.30. The maximum absolute atomic E-state index is 12.9. The SMILES string of the molecule is CC(C)(C)c1ccc(C2=C(C#N)C(=O)C3CC4(CC4)CSC3=N2)cc1. The number of nitrogens with zero attached hydrogens (tertiary/aromatic N) is 2. The fourth-order valence-corrected chi connectivity index (χ4v) is 5.06. The number of carbonyl (C=O) groups excluding carboxylic acids is 1. The Kier molecular flexibility index (Phi) is 3.70. The number of thioether (sulfide) groups is 1. The van der Waals surface area contributed by atoms with Gasteiger partial charge in [0.1, 0.15) is 11.6 Å². The highest BCUT2D eigenvalue weighted by Gasteiger charge is 2.51. The fraction of sp³-hybridized carbons (Fsp3) is 0.476. The monoisotopic (exact) mass is 350 g/mol. The minimum absolute atomic E-state index is 0.0270. The zero-order valence-corrected chi connectivity index (χ0v) is 15.7. The Morgan fingerprint density at radius 1 is 1.24 bits per heavy atom. The van der Waals surface area contributed by atoms with Gasteiger partial charge in [-0.05, 0) is 35.7 Å². The molecule has 0 radical (unpaired) electrons. The third-order valence-electron chi connectivity index (χ3n) is 5.58. The molecule has 3 nitrogen and oxygen atoms in total. The Hall–Kier alpha value is -1.86. The number of carbonyl (C=O) groups is 1. The summed E-state index contributed by atoms with van der Waals surface area (Å²) in [5.41, 5.74) is 3.29. The molecule has 3 aliphatic rings. The summed E-state index contributed by atoms with van der Waals surface area (Å²) in [4.78, 5) is 17.7. The molecule has 0 bridgehead atoms. The highest BCUT2D eigenvalue weighted by atomic mass is 32.2. The van der Waals surface area contributed by atoms with Gasteiger partial charge in [-0.3, -0.25) is 4.79 Å². The smallest absolute Gasteiger partial charge is 0.185 e. The van der Waals surface area contributed by atoms with Crippen molar-refractivity contribution in [3.63, 3.8) is 0 Å². The van der Waals surface area contributed by atoms with E-state index in [1.165, 1.54) is 18.4 Å². The average Bonchev–Trinajstić information content (AvgIpc) is 3.34. The number of allylic oxidation sites excluding steroid dienone is 1. The Balaban J connectivity index is 1.72. The molecule has 1 atom stereocenters. The number of aliphatic imine (C=N–C) groups is 1. The van der Waals surface area contributed by atoms with Crippen LogP contribution in [0.3, 0.4) is 0 Å². The normalized spacial score (nSPS) is 24.6. The van der Waals surface area contributed by atoms with Crippen molar-refractivity contribution in [2.24, 2.45) is 16.3 Å². The largest absolute Gasteiger partial charge is 0.293 e. The molecule has 0 N–H and O–H groups in total. The molecule has 0 aromatic heterocycles. The van der Waals surface area contributed by atoms with E-state index in [1.807, 2.05) is 12.1 Å². The van der Waals surface area contributed by atoms with Crippen LogP contribution in [-0.2, 0) is 10.2 Å². The Bertz CT molecular complexity index is 845. The van der Waals surface area contributed by atoms with Crippen molar-refractivity contribution >= 4 is 28.3 Å². The van der Waals surface area contributed by atoms with Gasteiger partial charge in [-0.1, -0.05) is 45.0 Å². The van der Waals surface area contributed by atoms with Crippen LogP contribution in [0.4, 0.5) is 0 Å². The summed E-state index contributed by atoms with van der Waals surface area (Å²) in [5, 5.41) is 10.5. The van der Waals surface area contributed by atoms with Gasteiger partial charge in [0.25, 0.3) is 0 Å². The zero-order valence-electron chi connectivity index (χ0n) is 14.9. The van der Waals surface area contributed by atoms with Crippen LogP contribution in [0, 0.1) is 22.7 Å². The first-order valence-corrected chi connectivity index (χ1v) is 9.82. The first-order valence-electron chi connectivity index (χ1n) is 8.84. The van der Waals surface area contributed by atoms with E-state index in [2.05, 4.69) is 39.0 Å². The van der Waals surface area contributed by atoms with Crippen molar-refractivity contribution in [3.8, 4) is 6.07 Å². The second-order valence-corrected chi connectivity index (χ2v) is 9.52. The number of benzene rings is 1. The number of ketones is 1. The molecular weight excluding hydrogens is 328 g/mol. The molecule has 4 rings (SSSR count). The van der Waals surface area contributed by atoms with Gasteiger partial charge >= 0.3 is 0 Å². The number of rotatable bonds is 1. The molecule has 0 amide bonds. The van der Waals surface area contributed by atoms with Gasteiger partial charge in [-0.15, -0.1) is 11.8 Å². The molecule has 128 valence electrons. The van der Waals surface area contributed by atoms with Crippen LogP contribution in [0.5, 0.6) is 0 Å². The summed E-state index contributed by atoms with van der Waals surface area (Å²) in [5.74, 6) is 0.850. The summed E-state index contributed by atoms with van der Waals surface area (Å²) in [7, 11) is 0. The van der Waals surface area contributed by atoms with Crippen LogP contribution in [0.15, 0.2) is 34.8 Å². The van der Waals surface area contributed by atoms with Gasteiger partial charge in [0, 0.05) is 11.3 Å². The summed E-state index contributed by atoms with van der Waals surface area (Å²) >= 11 is 1.72. The van der Waals surface area contributed by atoms with E-state index >= 15 is 0 Å². The van der Waals surface area contributed by atoms with E-state index in [0.29, 0.717) is 11.1 Å². The Morgan fingerprint density at radius 3 is 2.48 bits per heavy atom. The molecule has 1 aromatic rings. The van der Waals surface area contributed by atoms with Crippen LogP contribution in [0.1, 0.15) is 51.2 Å². The number of nitriles is 1. The van der Waals surface area contributed by atoms with Crippen LogP contribution in [0.25, 0.3) is 5.70 Å². The molecule has 1 unspecified atom stereocenters. The predicted molar refractivity (Wildman–Crippen MR) is 102 cm³/mol. The van der Waals surface area contributed by atoms with Crippen molar-refractivity contribution in [2.45, 2.75) is 45.4 Å². The lowest BCUT2D eigenvalue weighted by molar-refractivity contribution is -0.117. The van der Waals surface area contributed by atoms with Crippen molar-refractivity contribution in [3.05, 3.63) is 41.0 Å². The molecule has 2 aliphatic heterocycles. The molecule has 2 fully saturated rings. The van der Waals surface area contributed by atoms with Crippen LogP contribution >= 0.6 is 11.8 Å². The maximum Gasteiger partial charge on any atom is 0.185 e. The molecule has 4 heteroatoms. The molecule has 1 aromatic carbocycles. The van der Waals surface area contributed by atoms with Gasteiger partial charge < -0.3 is 0 Å². The van der Waals surface area contributed by atoms with E-state index in [1.54, 1.807) is 11.8 Å². The predicted octanol–water partition coefficient (Wildman–Crippen LogP) is 4.73. The summed E-state index contributed by atoms with van der Waals surface area (Å²) in [6.45, 7) is 6.51. The standard InChI is InChI=1S/C21H22N2OS/c1-20(2,3)14-6-4-13(5-7-14)17-16(11-22)18(24)15-10-21(8-9-21)12-25-19(15)23-17/h4-7,15H,8-10,12H2,1-3H3. The summed E-state index contributed by atoms with van der Waals surface area (Å²) < 4.78 is 0. The number of Topliss-reactive ketones (excluding diaryl/α,β-unsaturated/α-hetero) is 1. The van der Waals surface area contributed by atoms with Gasteiger partial charge in [-0.2, -0.15) is 5.26 Å². The minimum atomic E-state index is -0.187. The van der Waals surface area contributed by atoms with Crippen molar-refractivity contribution < 1.29 is 4.79 Å². The Morgan fingerprint density at radius 2 is 1.92 bits per heavy atom. The van der Waals surface area contributed by atoms with Crippen LogP contribution in [-0.4, -0.2) is 16.6 Å². The van der Waals surface area contributed by atoms with E-state index < -0.39 is 0 Å². The second-order valence-electron chi connectivity index (χ2n) is 8.52. The van der Waals surface area contributed by atoms with E-state index in [-0.39, 0.29) is 22.7 Å². The Labute approximate surface area is 153 Å². The third-order valence-corrected chi connectivity index (χ3v) is 7.00. The first kappa shape index (κ1) is 16.6. The molecule has 1 saturated carbocycles. The maximum atomic E-state index is 12.9. The lowest BCUT2D eigenvalue weighted by Gasteiger charge is -2.32. The molecule has 2 heterocycles. The minimum Gasteiger partial charge on any atom is -0.293 e. The first-order chi connectivity index (χ1) is 11.8. The quantitative estimate of drug-likeness (QED) is 0.735. The van der Waals surface area contributed by atoms with Crippen molar-refractivity contribution in [1.82, 2.24) is 0 Å². The molecule has 25 heavy (non-hydrogen) atoms. The molecular formula is C21H22N2OS.